The zero-order valence-electron chi connectivity index (χ0n) is 11.5. The number of rotatable bonds is 1. The highest BCUT2D eigenvalue weighted by atomic mass is 14.6. The van der Waals surface area contributed by atoms with Gasteiger partial charge in [-0.2, -0.15) is 0 Å². The van der Waals surface area contributed by atoms with E-state index in [1.165, 1.54) is 19.3 Å². The van der Waals surface area contributed by atoms with Gasteiger partial charge in [-0.15, -0.1) is 0 Å². The van der Waals surface area contributed by atoms with Crippen molar-refractivity contribution in [1.82, 2.24) is 0 Å². The molecule has 5 aliphatic carbocycles. The van der Waals surface area contributed by atoms with Gasteiger partial charge in [0.1, 0.15) is 0 Å². The van der Waals surface area contributed by atoms with E-state index >= 15 is 0 Å². The van der Waals surface area contributed by atoms with E-state index in [-0.39, 0.29) is 0 Å². The fourth-order valence-corrected chi connectivity index (χ4v) is 6.59. The molecule has 0 spiro atoms. The van der Waals surface area contributed by atoms with Gasteiger partial charge in [0.15, 0.2) is 0 Å². The minimum absolute atomic E-state index is 0.772. The Hall–Kier alpha value is 0. The van der Waals surface area contributed by atoms with Crippen molar-refractivity contribution in [2.75, 3.05) is 0 Å². The topological polar surface area (TPSA) is 0 Å². The molecule has 0 aliphatic heterocycles. The van der Waals surface area contributed by atoms with Crippen LogP contribution in [0.4, 0.5) is 0 Å². The van der Waals surface area contributed by atoms with Crippen molar-refractivity contribution in [3.05, 3.63) is 0 Å². The van der Waals surface area contributed by atoms with Crippen LogP contribution in [0.15, 0.2) is 0 Å². The SMILES string of the molecule is CC1(C2CCCCC2)C2CC3CC(C2)CC1C3. The molecule has 0 nitrogen and oxygen atoms in total. The van der Waals surface area contributed by atoms with Crippen LogP contribution >= 0.6 is 0 Å². The molecule has 5 saturated carbocycles. The molecule has 5 aliphatic rings. The van der Waals surface area contributed by atoms with E-state index in [4.69, 9.17) is 0 Å². The monoisotopic (exact) mass is 232 g/mol. The van der Waals surface area contributed by atoms with E-state index in [0.717, 1.165) is 35.0 Å². The summed E-state index contributed by atoms with van der Waals surface area (Å²) in [5.41, 5.74) is 0.772. The Morgan fingerprint density at radius 2 is 1.18 bits per heavy atom. The van der Waals surface area contributed by atoms with Crippen molar-refractivity contribution < 1.29 is 0 Å². The van der Waals surface area contributed by atoms with Gasteiger partial charge < -0.3 is 0 Å². The molecule has 5 rings (SSSR count). The first-order chi connectivity index (χ1) is 8.27. The van der Waals surface area contributed by atoms with Crippen LogP contribution < -0.4 is 0 Å². The third-order valence-electron chi connectivity index (χ3n) is 7.38. The van der Waals surface area contributed by atoms with E-state index in [0.29, 0.717) is 0 Å². The van der Waals surface area contributed by atoms with Gasteiger partial charge in [0, 0.05) is 0 Å². The molecule has 0 N–H and O–H groups in total. The minimum atomic E-state index is 0.772. The zero-order chi connectivity index (χ0) is 11.5. The van der Waals surface area contributed by atoms with Crippen LogP contribution in [-0.4, -0.2) is 0 Å². The molecule has 0 unspecified atom stereocenters. The van der Waals surface area contributed by atoms with Crippen molar-refractivity contribution in [3.8, 4) is 0 Å². The maximum atomic E-state index is 2.72. The van der Waals surface area contributed by atoms with Crippen molar-refractivity contribution in [1.29, 1.82) is 0 Å². The molecule has 0 amide bonds. The Balaban J connectivity index is 1.63. The highest BCUT2D eigenvalue weighted by Gasteiger charge is 2.57. The minimum Gasteiger partial charge on any atom is -0.0588 e. The van der Waals surface area contributed by atoms with Crippen LogP contribution in [0.1, 0.15) is 71.1 Å². The molecule has 5 fully saturated rings. The standard InChI is InChI=1S/C17H28/c1-17(14-5-3-2-4-6-14)15-8-12-7-13(10-15)11-16(17)9-12/h12-16H,2-11H2,1H3. The Kier molecular flexibility index (Phi) is 2.40. The lowest BCUT2D eigenvalue weighted by atomic mass is 9.42. The van der Waals surface area contributed by atoms with Gasteiger partial charge in [-0.3, -0.25) is 0 Å². The summed E-state index contributed by atoms with van der Waals surface area (Å²) in [6, 6.07) is 0. The largest absolute Gasteiger partial charge is 0.0588 e. The van der Waals surface area contributed by atoms with E-state index in [1.807, 2.05) is 0 Å². The van der Waals surface area contributed by atoms with Gasteiger partial charge in [-0.1, -0.05) is 26.2 Å². The van der Waals surface area contributed by atoms with Crippen LogP contribution in [0.2, 0.25) is 0 Å². The maximum Gasteiger partial charge on any atom is -0.0241 e. The Morgan fingerprint density at radius 3 is 1.71 bits per heavy atom. The molecule has 4 bridgehead atoms. The summed E-state index contributed by atoms with van der Waals surface area (Å²) in [7, 11) is 0. The molecule has 0 heteroatoms. The molecule has 0 aromatic rings. The summed E-state index contributed by atoms with van der Waals surface area (Å²) in [6.45, 7) is 2.72. The normalized spacial score (nSPS) is 54.2. The van der Waals surface area contributed by atoms with Gasteiger partial charge in [0.2, 0.25) is 0 Å². The van der Waals surface area contributed by atoms with E-state index in [9.17, 15) is 0 Å². The van der Waals surface area contributed by atoms with Crippen molar-refractivity contribution in [2.24, 2.45) is 35.0 Å². The van der Waals surface area contributed by atoms with Crippen molar-refractivity contribution in [3.63, 3.8) is 0 Å². The third-order valence-corrected chi connectivity index (χ3v) is 7.38. The lowest BCUT2D eigenvalue weighted by Crippen LogP contribution is -2.54. The molecule has 0 atom stereocenters. The van der Waals surface area contributed by atoms with Gasteiger partial charge in [0.25, 0.3) is 0 Å². The van der Waals surface area contributed by atoms with E-state index in [2.05, 4.69) is 6.92 Å². The second-order valence-corrected chi connectivity index (χ2v) is 8.01. The van der Waals surface area contributed by atoms with Crippen LogP contribution in [0.25, 0.3) is 0 Å². The Labute approximate surface area is 107 Å². The summed E-state index contributed by atoms with van der Waals surface area (Å²) >= 11 is 0. The lowest BCUT2D eigenvalue weighted by Gasteiger charge is -2.63. The third kappa shape index (κ3) is 1.48. The summed E-state index contributed by atoms with van der Waals surface area (Å²) < 4.78 is 0. The zero-order valence-corrected chi connectivity index (χ0v) is 11.5. The first kappa shape index (κ1) is 10.9. The van der Waals surface area contributed by atoms with Gasteiger partial charge in [-0.05, 0) is 80.0 Å². The van der Waals surface area contributed by atoms with E-state index in [1.54, 1.807) is 44.9 Å². The average molecular weight is 232 g/mol. The van der Waals surface area contributed by atoms with Gasteiger partial charge in [-0.25, -0.2) is 0 Å². The lowest BCUT2D eigenvalue weighted by molar-refractivity contribution is -0.136. The molecular weight excluding hydrogens is 204 g/mol. The van der Waals surface area contributed by atoms with Gasteiger partial charge >= 0.3 is 0 Å². The first-order valence-corrected chi connectivity index (χ1v) is 8.27. The van der Waals surface area contributed by atoms with Gasteiger partial charge in [0.05, 0.1) is 0 Å². The van der Waals surface area contributed by atoms with Crippen LogP contribution in [0, 0.1) is 35.0 Å². The Bertz CT molecular complexity index is 264. The van der Waals surface area contributed by atoms with E-state index < -0.39 is 0 Å². The first-order valence-electron chi connectivity index (χ1n) is 8.27. The number of hydrogen-bond donors (Lipinski definition) is 0. The second-order valence-electron chi connectivity index (χ2n) is 8.01. The maximum absolute atomic E-state index is 2.72. The fourth-order valence-electron chi connectivity index (χ4n) is 6.59. The highest BCUT2D eigenvalue weighted by molar-refractivity contribution is 5.06. The predicted molar refractivity (Wildman–Crippen MR) is 71.7 cm³/mol. The molecule has 17 heavy (non-hydrogen) atoms. The van der Waals surface area contributed by atoms with Crippen molar-refractivity contribution >= 4 is 0 Å². The van der Waals surface area contributed by atoms with Crippen LogP contribution in [-0.2, 0) is 0 Å². The summed E-state index contributed by atoms with van der Waals surface area (Å²) in [6.07, 6.45) is 15.8. The fraction of sp³-hybridized carbons (Fsp3) is 1.00. The molecule has 0 aromatic carbocycles. The average Bonchev–Trinajstić information content (AvgIpc) is 2.36. The summed E-state index contributed by atoms with van der Waals surface area (Å²) in [4.78, 5) is 0. The molecule has 0 aromatic heterocycles. The summed E-state index contributed by atoms with van der Waals surface area (Å²) in [5.74, 6) is 5.65. The van der Waals surface area contributed by atoms with Crippen molar-refractivity contribution in [2.45, 2.75) is 71.1 Å². The molecular formula is C17H28. The van der Waals surface area contributed by atoms with Crippen LogP contribution in [0.3, 0.4) is 0 Å². The molecule has 0 heterocycles. The summed E-state index contributed by atoms with van der Waals surface area (Å²) in [5, 5.41) is 0. The smallest absolute Gasteiger partial charge is 0.0241 e. The number of hydrogen-bond acceptors (Lipinski definition) is 0. The Morgan fingerprint density at radius 1 is 0.647 bits per heavy atom. The van der Waals surface area contributed by atoms with Crippen LogP contribution in [0.5, 0.6) is 0 Å². The molecule has 96 valence electrons. The predicted octanol–water partition coefficient (Wildman–Crippen LogP) is 5.03. The molecule has 0 radical (unpaired) electrons. The quantitative estimate of drug-likeness (QED) is 0.595. The second kappa shape index (κ2) is 3.75. The highest BCUT2D eigenvalue weighted by Crippen LogP contribution is 2.66. The molecule has 0 saturated heterocycles.